The Morgan fingerprint density at radius 1 is 1.19 bits per heavy atom. The Labute approximate surface area is 152 Å². The number of hydrogen-bond acceptors (Lipinski definition) is 7. The van der Waals surface area contributed by atoms with Crippen LogP contribution in [0.4, 0.5) is 10.2 Å². The first kappa shape index (κ1) is 17.1. The number of aromatic nitrogens is 5. The van der Waals surface area contributed by atoms with Gasteiger partial charge in [0.15, 0.2) is 17.3 Å². The van der Waals surface area contributed by atoms with Crippen molar-refractivity contribution in [3.63, 3.8) is 0 Å². The van der Waals surface area contributed by atoms with Gasteiger partial charge in [-0.05, 0) is 13.1 Å². The second kappa shape index (κ2) is 6.43. The first-order valence-electron chi connectivity index (χ1n) is 8.23. The van der Waals surface area contributed by atoms with Gasteiger partial charge in [0.2, 0.25) is 5.43 Å². The third-order valence-electron chi connectivity index (χ3n) is 4.58. The smallest absolute Gasteiger partial charge is 0.341 e. The van der Waals surface area contributed by atoms with Gasteiger partial charge in [-0.1, -0.05) is 0 Å². The van der Waals surface area contributed by atoms with E-state index >= 15 is 0 Å². The van der Waals surface area contributed by atoms with Crippen molar-refractivity contribution in [2.75, 3.05) is 38.1 Å². The Bertz CT molecular complexity index is 1070. The predicted octanol–water partition coefficient (Wildman–Crippen LogP) is -0.111. The van der Waals surface area contributed by atoms with Gasteiger partial charge in [-0.25, -0.2) is 23.5 Å². The molecule has 27 heavy (non-hydrogen) atoms. The number of hydrogen-bond donors (Lipinski definition) is 1. The highest BCUT2D eigenvalue weighted by molar-refractivity contribution is 5.92. The van der Waals surface area contributed by atoms with Crippen LogP contribution < -0.4 is 10.3 Å². The van der Waals surface area contributed by atoms with Gasteiger partial charge >= 0.3 is 5.97 Å². The molecule has 0 unspecified atom stereocenters. The maximum atomic E-state index is 14.7. The van der Waals surface area contributed by atoms with Gasteiger partial charge in [0.05, 0.1) is 5.39 Å². The Kier molecular flexibility index (Phi) is 4.07. The Balaban J connectivity index is 1.96. The zero-order valence-corrected chi connectivity index (χ0v) is 14.4. The molecule has 0 radical (unpaired) electrons. The van der Waals surface area contributed by atoms with Crippen LogP contribution in [0.25, 0.3) is 11.0 Å². The van der Waals surface area contributed by atoms with Gasteiger partial charge in [-0.3, -0.25) is 4.79 Å². The quantitative estimate of drug-likeness (QED) is 0.677. The minimum absolute atomic E-state index is 0.125. The average molecular weight is 373 g/mol. The van der Waals surface area contributed by atoms with Crippen LogP contribution in [-0.4, -0.2) is 73.7 Å². The standard InChI is InChI=1S/C16H16FN7O3/c1-21-2-4-22(5-3-21)15-12(17)6-10-13(25)11(16(26)27)7-24(14(10)20-15)23-8-18-19-9-23/h6-9H,2-5H2,1H3,(H,26,27). The highest BCUT2D eigenvalue weighted by atomic mass is 19.1. The molecule has 1 N–H and O–H groups in total. The second-order valence-corrected chi connectivity index (χ2v) is 6.32. The lowest BCUT2D eigenvalue weighted by molar-refractivity contribution is 0.0694. The molecular weight excluding hydrogens is 357 g/mol. The fourth-order valence-corrected chi connectivity index (χ4v) is 3.07. The molecule has 0 aliphatic carbocycles. The molecule has 140 valence electrons. The summed E-state index contributed by atoms with van der Waals surface area (Å²) in [7, 11) is 1.98. The Hall–Kier alpha value is -3.34. The fraction of sp³-hybridized carbons (Fsp3) is 0.312. The molecule has 0 bridgehead atoms. The summed E-state index contributed by atoms with van der Waals surface area (Å²) < 4.78 is 17.4. The van der Waals surface area contributed by atoms with E-state index in [9.17, 15) is 19.1 Å². The molecular formula is C16H16FN7O3. The average Bonchev–Trinajstić information content (AvgIpc) is 3.17. The molecule has 4 heterocycles. The van der Waals surface area contributed by atoms with Crippen LogP contribution in [0.3, 0.4) is 0 Å². The number of likely N-dealkylation sites (N-methyl/N-ethyl adjacent to an activating group) is 1. The summed E-state index contributed by atoms with van der Waals surface area (Å²) in [5.74, 6) is -1.95. The summed E-state index contributed by atoms with van der Waals surface area (Å²) in [6.07, 6.45) is 3.79. The summed E-state index contributed by atoms with van der Waals surface area (Å²) in [5.41, 5.74) is -1.16. The van der Waals surface area contributed by atoms with Gasteiger partial charge < -0.3 is 14.9 Å². The topological polar surface area (TPSA) is 109 Å². The molecule has 0 saturated carbocycles. The van der Waals surface area contributed by atoms with Crippen molar-refractivity contribution in [2.45, 2.75) is 0 Å². The maximum absolute atomic E-state index is 14.7. The van der Waals surface area contributed by atoms with E-state index in [1.165, 1.54) is 22.0 Å². The zero-order chi connectivity index (χ0) is 19.1. The third kappa shape index (κ3) is 2.91. The van der Waals surface area contributed by atoms with E-state index in [4.69, 9.17) is 0 Å². The van der Waals surface area contributed by atoms with E-state index in [1.807, 2.05) is 7.05 Å². The van der Waals surface area contributed by atoms with E-state index < -0.39 is 22.8 Å². The largest absolute Gasteiger partial charge is 0.477 e. The van der Waals surface area contributed by atoms with Crippen molar-refractivity contribution in [3.05, 3.63) is 46.5 Å². The van der Waals surface area contributed by atoms with E-state index in [2.05, 4.69) is 20.1 Å². The number of halogens is 1. The summed E-state index contributed by atoms with van der Waals surface area (Å²) in [6, 6.07) is 1.05. The predicted molar refractivity (Wildman–Crippen MR) is 93.4 cm³/mol. The van der Waals surface area contributed by atoms with Crippen LogP contribution in [0.2, 0.25) is 0 Å². The number of anilines is 1. The molecule has 1 aliphatic heterocycles. The molecule has 0 aromatic carbocycles. The number of pyridine rings is 2. The molecule has 11 heteroatoms. The highest BCUT2D eigenvalue weighted by Gasteiger charge is 2.23. The molecule has 4 rings (SSSR count). The van der Waals surface area contributed by atoms with Crippen LogP contribution >= 0.6 is 0 Å². The molecule has 0 spiro atoms. The maximum Gasteiger partial charge on any atom is 0.341 e. The number of piperazine rings is 1. The number of rotatable bonds is 3. The van der Waals surface area contributed by atoms with E-state index in [-0.39, 0.29) is 16.9 Å². The van der Waals surface area contributed by atoms with E-state index in [1.54, 1.807) is 4.90 Å². The van der Waals surface area contributed by atoms with E-state index in [0.717, 1.165) is 25.4 Å². The van der Waals surface area contributed by atoms with Crippen molar-refractivity contribution >= 4 is 22.8 Å². The summed E-state index contributed by atoms with van der Waals surface area (Å²) in [6.45, 7) is 2.71. The van der Waals surface area contributed by atoms with Crippen molar-refractivity contribution in [1.82, 2.24) is 29.4 Å². The zero-order valence-electron chi connectivity index (χ0n) is 14.4. The van der Waals surface area contributed by atoms with Gasteiger partial charge in [-0.2, -0.15) is 0 Å². The van der Waals surface area contributed by atoms with Crippen LogP contribution in [-0.2, 0) is 0 Å². The van der Waals surface area contributed by atoms with Crippen molar-refractivity contribution in [3.8, 4) is 0 Å². The van der Waals surface area contributed by atoms with Gasteiger partial charge in [0, 0.05) is 32.4 Å². The number of carboxylic acid groups (broad SMARTS) is 1. The SMILES string of the molecule is CN1CCN(c2nc3c(cc2F)c(=O)c(C(=O)O)cn3-n2cnnc2)CC1. The molecule has 0 atom stereocenters. The van der Waals surface area contributed by atoms with Gasteiger partial charge in [0.25, 0.3) is 0 Å². The van der Waals surface area contributed by atoms with Crippen LogP contribution in [0.5, 0.6) is 0 Å². The minimum atomic E-state index is -1.41. The first-order chi connectivity index (χ1) is 13.0. The number of aromatic carboxylic acids is 1. The second-order valence-electron chi connectivity index (χ2n) is 6.32. The van der Waals surface area contributed by atoms with Crippen molar-refractivity contribution in [1.29, 1.82) is 0 Å². The molecule has 3 aromatic rings. The molecule has 1 aliphatic rings. The lowest BCUT2D eigenvalue weighted by atomic mass is 10.2. The summed E-state index contributed by atoms with van der Waals surface area (Å²) in [4.78, 5) is 32.2. The monoisotopic (exact) mass is 373 g/mol. The molecule has 10 nitrogen and oxygen atoms in total. The number of nitrogens with zero attached hydrogens (tertiary/aromatic N) is 7. The molecule has 0 amide bonds. The molecule has 1 saturated heterocycles. The normalized spacial score (nSPS) is 15.4. The number of carbonyl (C=O) groups is 1. The Morgan fingerprint density at radius 3 is 2.48 bits per heavy atom. The van der Waals surface area contributed by atoms with Crippen LogP contribution in [0.15, 0.2) is 29.7 Å². The van der Waals surface area contributed by atoms with Crippen molar-refractivity contribution in [2.24, 2.45) is 0 Å². The molecule has 1 fully saturated rings. The van der Waals surface area contributed by atoms with Gasteiger partial charge in [0.1, 0.15) is 18.2 Å². The Morgan fingerprint density at radius 2 is 1.85 bits per heavy atom. The number of fused-ring (bicyclic) bond motifs is 1. The number of carboxylic acids is 1. The lowest BCUT2D eigenvalue weighted by Gasteiger charge is -2.33. The van der Waals surface area contributed by atoms with Crippen molar-refractivity contribution < 1.29 is 14.3 Å². The third-order valence-corrected chi connectivity index (χ3v) is 4.58. The summed E-state index contributed by atoms with van der Waals surface area (Å²) in [5, 5.41) is 16.6. The minimum Gasteiger partial charge on any atom is -0.477 e. The van der Waals surface area contributed by atoms with Crippen LogP contribution in [0.1, 0.15) is 10.4 Å². The fourth-order valence-electron chi connectivity index (χ4n) is 3.07. The van der Waals surface area contributed by atoms with Crippen LogP contribution in [0, 0.1) is 5.82 Å². The highest BCUT2D eigenvalue weighted by Crippen LogP contribution is 2.22. The first-order valence-corrected chi connectivity index (χ1v) is 8.23. The lowest BCUT2D eigenvalue weighted by Crippen LogP contribution is -2.45. The molecule has 3 aromatic heterocycles. The van der Waals surface area contributed by atoms with E-state index in [0.29, 0.717) is 13.1 Å². The summed E-state index contributed by atoms with van der Waals surface area (Å²) >= 11 is 0. The van der Waals surface area contributed by atoms with Gasteiger partial charge in [-0.15, -0.1) is 10.2 Å².